The molecule has 1 fully saturated rings. The van der Waals surface area contributed by atoms with Gasteiger partial charge < -0.3 is 10.1 Å². The number of benzene rings is 1. The fourth-order valence-electron chi connectivity index (χ4n) is 3.71. The number of hydrogen-bond acceptors (Lipinski definition) is 5. The van der Waals surface area contributed by atoms with E-state index in [9.17, 15) is 9.59 Å². The molecule has 1 aromatic rings. The van der Waals surface area contributed by atoms with Crippen molar-refractivity contribution in [3.8, 4) is 0 Å². The zero-order valence-corrected chi connectivity index (χ0v) is 18.5. The van der Waals surface area contributed by atoms with E-state index in [0.717, 1.165) is 50.4 Å². The van der Waals surface area contributed by atoms with Gasteiger partial charge in [0, 0.05) is 25.2 Å². The Kier molecular flexibility index (Phi) is 7.17. The highest BCUT2D eigenvalue weighted by Crippen LogP contribution is 2.34. The van der Waals surface area contributed by atoms with Gasteiger partial charge in [0.2, 0.25) is 0 Å². The molecule has 1 saturated heterocycles. The zero-order valence-electron chi connectivity index (χ0n) is 17.7. The number of aliphatic imine (C=N–C) groups is 1. The van der Waals surface area contributed by atoms with E-state index in [4.69, 9.17) is 4.74 Å². The Morgan fingerprint density at radius 2 is 2.19 bits per heavy atom. The van der Waals surface area contributed by atoms with Gasteiger partial charge in [-0.05, 0) is 37.6 Å². The molecule has 0 spiro atoms. The minimum absolute atomic E-state index is 0.0494. The van der Waals surface area contributed by atoms with Crippen LogP contribution in [0.15, 0.2) is 58.0 Å². The molecule has 2 aliphatic heterocycles. The molecule has 2 heterocycles. The maximum Gasteiger partial charge on any atom is 0.283 e. The van der Waals surface area contributed by atoms with Gasteiger partial charge in [-0.3, -0.25) is 14.5 Å². The van der Waals surface area contributed by atoms with E-state index >= 15 is 0 Å². The summed E-state index contributed by atoms with van der Waals surface area (Å²) < 4.78 is 5.35. The van der Waals surface area contributed by atoms with Crippen molar-refractivity contribution in [2.75, 3.05) is 39.4 Å². The van der Waals surface area contributed by atoms with Crippen molar-refractivity contribution in [3.63, 3.8) is 0 Å². The number of ether oxygens (including phenoxy) is 1. The Morgan fingerprint density at radius 1 is 1.35 bits per heavy atom. The zero-order chi connectivity index (χ0) is 21.6. The monoisotopic (exact) mass is 437 g/mol. The van der Waals surface area contributed by atoms with Crippen LogP contribution in [-0.4, -0.2) is 67.1 Å². The van der Waals surface area contributed by atoms with Crippen molar-refractivity contribution in [1.29, 1.82) is 0 Å². The summed E-state index contributed by atoms with van der Waals surface area (Å²) in [6.45, 7) is 7.07. The maximum absolute atomic E-state index is 12.5. The fraction of sp³-hybridized carbons (Fsp3) is 0.375. The third-order valence-corrected chi connectivity index (χ3v) is 6.58. The number of carbonyl (C=O) groups is 2. The maximum atomic E-state index is 12.5. The Labute approximate surface area is 187 Å². The lowest BCUT2D eigenvalue weighted by Gasteiger charge is -2.26. The molecule has 0 aromatic heterocycles. The summed E-state index contributed by atoms with van der Waals surface area (Å²) in [6.07, 6.45) is 8.29. The molecule has 2 amide bonds. The lowest BCUT2D eigenvalue weighted by molar-refractivity contribution is -0.117. The van der Waals surface area contributed by atoms with Gasteiger partial charge in [-0.2, -0.15) is 0 Å². The van der Waals surface area contributed by atoms with Crippen molar-refractivity contribution < 1.29 is 14.3 Å². The Morgan fingerprint density at radius 3 is 3.00 bits per heavy atom. The number of allylic oxidation sites excluding steroid dienone is 1. The van der Waals surface area contributed by atoms with E-state index < -0.39 is 0 Å². The molecular weight excluding hydrogens is 410 g/mol. The van der Waals surface area contributed by atoms with Crippen LogP contribution in [0.3, 0.4) is 0 Å². The van der Waals surface area contributed by atoms with Crippen molar-refractivity contribution in [3.05, 3.63) is 64.1 Å². The van der Waals surface area contributed by atoms with Gasteiger partial charge in [-0.1, -0.05) is 42.0 Å². The highest BCUT2D eigenvalue weighted by Gasteiger charge is 2.28. The van der Waals surface area contributed by atoms with E-state index in [1.807, 2.05) is 49.4 Å². The average Bonchev–Trinajstić information content (AvgIpc) is 2.77. The number of nitrogens with zero attached hydrogens (tertiary/aromatic N) is 2. The molecule has 0 saturated carbocycles. The van der Waals surface area contributed by atoms with Gasteiger partial charge in [0.25, 0.3) is 11.8 Å². The SMILES string of the molecule is Cc1cccc(/C=C2/SC3C=CC(C(=O)NCCCN4CCOCC4)=CC3=NC2=O)c1. The standard InChI is InChI=1S/C24H27N3O3S/c1-17-4-2-5-18(14-17)15-22-24(29)26-20-16-19(6-7-21(20)31-22)23(28)25-8-3-9-27-10-12-30-13-11-27/h2,4-7,14-16,21H,3,8-13H2,1H3,(H,25,28)/b22-15+. The minimum atomic E-state index is -0.255. The van der Waals surface area contributed by atoms with Gasteiger partial charge in [-0.15, -0.1) is 11.8 Å². The van der Waals surface area contributed by atoms with E-state index in [1.165, 1.54) is 11.8 Å². The fourth-order valence-corrected chi connectivity index (χ4v) is 4.74. The van der Waals surface area contributed by atoms with E-state index in [-0.39, 0.29) is 17.1 Å². The molecule has 3 aliphatic rings. The second kappa shape index (κ2) is 10.2. The predicted molar refractivity (Wildman–Crippen MR) is 125 cm³/mol. The predicted octanol–water partition coefficient (Wildman–Crippen LogP) is 2.75. The first-order valence-corrected chi connectivity index (χ1v) is 11.5. The van der Waals surface area contributed by atoms with Crippen molar-refractivity contribution in [2.24, 2.45) is 4.99 Å². The summed E-state index contributed by atoms with van der Waals surface area (Å²) in [5, 5.41) is 2.92. The molecule has 7 heteroatoms. The van der Waals surface area contributed by atoms with E-state index in [0.29, 0.717) is 22.7 Å². The number of thioether (sulfide) groups is 1. The molecule has 1 unspecified atom stereocenters. The summed E-state index contributed by atoms with van der Waals surface area (Å²) in [7, 11) is 0. The van der Waals surface area contributed by atoms with Crippen LogP contribution in [0.4, 0.5) is 0 Å². The topological polar surface area (TPSA) is 71.0 Å². The van der Waals surface area contributed by atoms with Gasteiger partial charge in [0.05, 0.1) is 29.1 Å². The number of rotatable bonds is 6. The van der Waals surface area contributed by atoms with Crippen molar-refractivity contribution in [2.45, 2.75) is 18.6 Å². The van der Waals surface area contributed by atoms with Crippen LogP contribution in [0.25, 0.3) is 6.08 Å². The van der Waals surface area contributed by atoms with Crippen LogP contribution >= 0.6 is 11.8 Å². The first-order chi connectivity index (χ1) is 15.1. The summed E-state index contributed by atoms with van der Waals surface area (Å²) >= 11 is 1.48. The number of fused-ring (bicyclic) bond motifs is 1. The largest absolute Gasteiger partial charge is 0.379 e. The number of nitrogens with one attached hydrogen (secondary N) is 1. The lowest BCUT2D eigenvalue weighted by atomic mass is 10.0. The van der Waals surface area contributed by atoms with Crippen LogP contribution in [0.2, 0.25) is 0 Å². The molecule has 31 heavy (non-hydrogen) atoms. The van der Waals surface area contributed by atoms with Gasteiger partial charge >= 0.3 is 0 Å². The lowest BCUT2D eigenvalue weighted by Crippen LogP contribution is -2.38. The van der Waals surface area contributed by atoms with Crippen LogP contribution in [0.1, 0.15) is 17.5 Å². The van der Waals surface area contributed by atoms with Crippen LogP contribution in [0.5, 0.6) is 0 Å². The molecule has 1 atom stereocenters. The first kappa shape index (κ1) is 21.7. The second-order valence-electron chi connectivity index (χ2n) is 7.83. The second-order valence-corrected chi connectivity index (χ2v) is 9.01. The van der Waals surface area contributed by atoms with Gasteiger partial charge in [0.15, 0.2) is 0 Å². The molecule has 1 aliphatic carbocycles. The number of morpholine rings is 1. The van der Waals surface area contributed by atoms with Gasteiger partial charge in [-0.25, -0.2) is 4.99 Å². The molecule has 0 bridgehead atoms. The molecule has 162 valence electrons. The number of amides is 2. The molecule has 0 radical (unpaired) electrons. The van der Waals surface area contributed by atoms with Crippen LogP contribution in [0, 0.1) is 6.92 Å². The quantitative estimate of drug-likeness (QED) is 0.547. The van der Waals surface area contributed by atoms with E-state index in [2.05, 4.69) is 15.2 Å². The molecule has 1 N–H and O–H groups in total. The van der Waals surface area contributed by atoms with Crippen LogP contribution in [-0.2, 0) is 14.3 Å². The molecular formula is C24H27N3O3S. The third-order valence-electron chi connectivity index (χ3n) is 5.38. The Balaban J connectivity index is 1.34. The normalized spacial score (nSPS) is 22.7. The van der Waals surface area contributed by atoms with Crippen molar-refractivity contribution >= 4 is 35.4 Å². The highest BCUT2D eigenvalue weighted by atomic mass is 32.2. The average molecular weight is 438 g/mol. The molecule has 4 rings (SSSR count). The van der Waals surface area contributed by atoms with E-state index in [1.54, 1.807) is 6.08 Å². The minimum Gasteiger partial charge on any atom is -0.379 e. The summed E-state index contributed by atoms with van der Waals surface area (Å²) in [6, 6.07) is 8.02. The van der Waals surface area contributed by atoms with Crippen molar-refractivity contribution in [1.82, 2.24) is 10.2 Å². The van der Waals surface area contributed by atoms with Crippen LogP contribution < -0.4 is 5.32 Å². The number of aryl methyl sites for hydroxylation is 1. The smallest absolute Gasteiger partial charge is 0.283 e. The Hall–Kier alpha value is -2.48. The first-order valence-electron chi connectivity index (χ1n) is 10.6. The number of hydrogen-bond donors (Lipinski definition) is 1. The molecule has 6 nitrogen and oxygen atoms in total. The summed E-state index contributed by atoms with van der Waals surface area (Å²) in [5.74, 6) is -0.382. The number of carbonyl (C=O) groups excluding carboxylic acids is 2. The summed E-state index contributed by atoms with van der Waals surface area (Å²) in [5.41, 5.74) is 3.31. The highest BCUT2D eigenvalue weighted by molar-refractivity contribution is 8.05. The van der Waals surface area contributed by atoms with Gasteiger partial charge in [0.1, 0.15) is 0 Å². The third kappa shape index (κ3) is 5.81. The Bertz CT molecular complexity index is 974. The molecule has 1 aromatic carbocycles. The summed E-state index contributed by atoms with van der Waals surface area (Å²) in [4.78, 5) is 32.3.